The molecule has 0 atom stereocenters. The predicted octanol–water partition coefficient (Wildman–Crippen LogP) is 4.73. The van der Waals surface area contributed by atoms with E-state index >= 15 is 0 Å². The Morgan fingerprint density at radius 2 is 1.87 bits per heavy atom. The third-order valence-electron chi connectivity index (χ3n) is 6.57. The van der Waals surface area contributed by atoms with Crippen LogP contribution in [0.4, 0.5) is 5.69 Å². The Bertz CT molecular complexity index is 1020. The number of nitrogens with two attached hydrogens (primary N) is 1. The number of nitrogens with zero attached hydrogens (tertiary/aromatic N) is 2. The molecule has 0 radical (unpaired) electrons. The lowest BCUT2D eigenvalue weighted by Gasteiger charge is -2.25. The molecule has 3 heterocycles. The number of anilines is 1. The molecule has 5 nitrogen and oxygen atoms in total. The average molecular weight is 406 g/mol. The number of para-hydroxylation sites is 1. The Kier molecular flexibility index (Phi) is 5.73. The van der Waals surface area contributed by atoms with Crippen LogP contribution in [-0.2, 0) is 4.74 Å². The van der Waals surface area contributed by atoms with Crippen molar-refractivity contribution in [3.05, 3.63) is 42.0 Å². The summed E-state index contributed by atoms with van der Waals surface area (Å²) < 4.78 is 11.8. The molecule has 1 aromatic heterocycles. The maximum absolute atomic E-state index is 6.69. The van der Waals surface area contributed by atoms with Gasteiger partial charge in [0.1, 0.15) is 5.75 Å². The van der Waals surface area contributed by atoms with Gasteiger partial charge in [-0.3, -0.25) is 0 Å². The number of pyridine rings is 1. The van der Waals surface area contributed by atoms with E-state index in [9.17, 15) is 0 Å². The monoisotopic (exact) mass is 405 g/mol. The number of hydrogen-bond acceptors (Lipinski definition) is 5. The number of likely N-dealkylation sites (tertiary alicyclic amines) is 1. The first-order valence-electron chi connectivity index (χ1n) is 11.3. The Balaban J connectivity index is 1.47. The van der Waals surface area contributed by atoms with E-state index in [1.165, 1.54) is 31.5 Å². The first-order valence-corrected chi connectivity index (χ1v) is 11.3. The molecule has 2 fully saturated rings. The van der Waals surface area contributed by atoms with Crippen LogP contribution in [0.1, 0.15) is 43.6 Å². The lowest BCUT2D eigenvalue weighted by Crippen LogP contribution is -2.22. The molecule has 158 valence electrons. The maximum Gasteiger partial charge on any atom is 0.121 e. The summed E-state index contributed by atoms with van der Waals surface area (Å²) in [7, 11) is 0. The SMILES string of the molecule is Nc1c2ccccc2nc2cc(OCCCN3CCCC3)cc(C3CCOCC3)c12. The smallest absolute Gasteiger partial charge is 0.121 e. The molecule has 2 saturated heterocycles. The second kappa shape index (κ2) is 8.78. The van der Waals surface area contributed by atoms with Gasteiger partial charge in [0.2, 0.25) is 0 Å². The van der Waals surface area contributed by atoms with Gasteiger partial charge in [0.25, 0.3) is 0 Å². The lowest BCUT2D eigenvalue weighted by atomic mass is 9.87. The minimum atomic E-state index is 0.430. The van der Waals surface area contributed by atoms with E-state index in [0.717, 1.165) is 78.9 Å². The molecule has 30 heavy (non-hydrogen) atoms. The van der Waals surface area contributed by atoms with Crippen molar-refractivity contribution >= 4 is 27.5 Å². The van der Waals surface area contributed by atoms with Crippen molar-refractivity contribution in [2.24, 2.45) is 0 Å². The third kappa shape index (κ3) is 3.96. The number of ether oxygens (including phenoxy) is 2. The molecule has 0 unspecified atom stereocenters. The number of benzene rings is 2. The zero-order valence-electron chi connectivity index (χ0n) is 17.6. The van der Waals surface area contributed by atoms with Crippen LogP contribution in [0.2, 0.25) is 0 Å². The van der Waals surface area contributed by atoms with Gasteiger partial charge in [-0.25, -0.2) is 4.98 Å². The van der Waals surface area contributed by atoms with E-state index in [1.807, 2.05) is 18.2 Å². The molecular formula is C25H31N3O2. The minimum absolute atomic E-state index is 0.430. The van der Waals surface area contributed by atoms with Gasteiger partial charge in [0.15, 0.2) is 0 Å². The van der Waals surface area contributed by atoms with Gasteiger partial charge in [-0.05, 0) is 68.8 Å². The molecule has 2 aliphatic rings. The molecular weight excluding hydrogens is 374 g/mol. The van der Waals surface area contributed by atoms with Crippen LogP contribution in [0.3, 0.4) is 0 Å². The van der Waals surface area contributed by atoms with Gasteiger partial charge in [0, 0.05) is 36.6 Å². The van der Waals surface area contributed by atoms with Crippen molar-refractivity contribution in [2.45, 2.75) is 38.0 Å². The summed E-state index contributed by atoms with van der Waals surface area (Å²) in [6, 6.07) is 12.4. The molecule has 0 saturated carbocycles. The van der Waals surface area contributed by atoms with E-state index in [2.05, 4.69) is 23.1 Å². The van der Waals surface area contributed by atoms with Crippen molar-refractivity contribution < 1.29 is 9.47 Å². The zero-order valence-corrected chi connectivity index (χ0v) is 17.6. The molecule has 2 aromatic carbocycles. The number of hydrogen-bond donors (Lipinski definition) is 1. The van der Waals surface area contributed by atoms with Crippen LogP contribution in [0, 0.1) is 0 Å². The maximum atomic E-state index is 6.69. The Hall–Kier alpha value is -2.37. The van der Waals surface area contributed by atoms with E-state index in [-0.39, 0.29) is 0 Å². The molecule has 0 spiro atoms. The fraction of sp³-hybridized carbons (Fsp3) is 0.480. The highest BCUT2D eigenvalue weighted by Gasteiger charge is 2.22. The summed E-state index contributed by atoms with van der Waals surface area (Å²) in [5, 5.41) is 2.11. The van der Waals surface area contributed by atoms with E-state index < -0.39 is 0 Å². The van der Waals surface area contributed by atoms with Gasteiger partial charge in [-0.2, -0.15) is 0 Å². The van der Waals surface area contributed by atoms with Gasteiger partial charge < -0.3 is 20.1 Å². The number of aromatic nitrogens is 1. The Labute approximate surface area is 178 Å². The Morgan fingerprint density at radius 3 is 2.70 bits per heavy atom. The topological polar surface area (TPSA) is 60.6 Å². The summed E-state index contributed by atoms with van der Waals surface area (Å²) >= 11 is 0. The fourth-order valence-electron chi connectivity index (χ4n) is 4.97. The first-order chi connectivity index (χ1) is 14.8. The predicted molar refractivity (Wildman–Crippen MR) is 122 cm³/mol. The molecule has 5 heteroatoms. The summed E-state index contributed by atoms with van der Waals surface area (Å²) in [6.45, 7) is 5.93. The quantitative estimate of drug-likeness (QED) is 0.475. The van der Waals surface area contributed by atoms with E-state index in [1.54, 1.807) is 0 Å². The highest BCUT2D eigenvalue weighted by Crippen LogP contribution is 2.40. The van der Waals surface area contributed by atoms with Gasteiger partial charge >= 0.3 is 0 Å². The highest BCUT2D eigenvalue weighted by molar-refractivity contribution is 6.08. The molecule has 3 aromatic rings. The van der Waals surface area contributed by atoms with Crippen LogP contribution in [0.25, 0.3) is 21.8 Å². The number of rotatable bonds is 6. The molecule has 5 rings (SSSR count). The molecule has 2 aliphatic heterocycles. The summed E-state index contributed by atoms with van der Waals surface area (Å²) in [5.74, 6) is 1.34. The van der Waals surface area contributed by atoms with Crippen LogP contribution < -0.4 is 10.5 Å². The molecule has 2 N–H and O–H groups in total. The largest absolute Gasteiger partial charge is 0.493 e. The van der Waals surface area contributed by atoms with Gasteiger partial charge in [-0.1, -0.05) is 18.2 Å². The van der Waals surface area contributed by atoms with Gasteiger partial charge in [0.05, 0.1) is 23.3 Å². The van der Waals surface area contributed by atoms with Crippen molar-refractivity contribution in [1.29, 1.82) is 0 Å². The lowest BCUT2D eigenvalue weighted by molar-refractivity contribution is 0.0855. The third-order valence-corrected chi connectivity index (χ3v) is 6.57. The standard InChI is InChI=1S/C25H31N3O2/c26-25-20-6-1-2-7-22(20)27-23-17-19(30-13-5-12-28-10-3-4-11-28)16-21(24(23)25)18-8-14-29-15-9-18/h1-2,6-7,16-18H,3-5,8-15H2,(H2,26,27). The average Bonchev–Trinajstić information content (AvgIpc) is 3.30. The summed E-state index contributed by atoms with van der Waals surface area (Å²) in [6.07, 6.45) is 5.75. The molecule has 0 aliphatic carbocycles. The van der Waals surface area contributed by atoms with Crippen molar-refractivity contribution in [3.63, 3.8) is 0 Å². The van der Waals surface area contributed by atoms with Crippen molar-refractivity contribution in [3.8, 4) is 5.75 Å². The van der Waals surface area contributed by atoms with Gasteiger partial charge in [-0.15, -0.1) is 0 Å². The second-order valence-corrected chi connectivity index (χ2v) is 8.59. The highest BCUT2D eigenvalue weighted by atomic mass is 16.5. The van der Waals surface area contributed by atoms with E-state index in [0.29, 0.717) is 5.92 Å². The Morgan fingerprint density at radius 1 is 1.07 bits per heavy atom. The molecule has 0 amide bonds. The van der Waals surface area contributed by atoms with Crippen LogP contribution >= 0.6 is 0 Å². The first kappa shape index (κ1) is 19.6. The normalized spacial score (nSPS) is 18.4. The van der Waals surface area contributed by atoms with Crippen LogP contribution in [0.15, 0.2) is 36.4 Å². The van der Waals surface area contributed by atoms with Crippen LogP contribution in [-0.4, -0.2) is 49.3 Å². The fourth-order valence-corrected chi connectivity index (χ4v) is 4.97. The van der Waals surface area contributed by atoms with Crippen molar-refractivity contribution in [1.82, 2.24) is 9.88 Å². The number of nitrogen functional groups attached to an aromatic ring is 1. The van der Waals surface area contributed by atoms with Crippen molar-refractivity contribution in [2.75, 3.05) is 45.2 Å². The molecule has 0 bridgehead atoms. The van der Waals surface area contributed by atoms with E-state index in [4.69, 9.17) is 20.2 Å². The zero-order chi connectivity index (χ0) is 20.3. The summed E-state index contributed by atoms with van der Waals surface area (Å²) in [4.78, 5) is 7.48. The minimum Gasteiger partial charge on any atom is -0.493 e. The van der Waals surface area contributed by atoms with Crippen LogP contribution in [0.5, 0.6) is 5.75 Å². The summed E-state index contributed by atoms with van der Waals surface area (Å²) in [5.41, 5.74) is 10.7. The number of fused-ring (bicyclic) bond motifs is 2. The second-order valence-electron chi connectivity index (χ2n) is 8.59.